The molecule has 1 atom stereocenters. The van der Waals surface area contributed by atoms with Crippen LogP contribution in [0.4, 0.5) is 13.2 Å². The van der Waals surface area contributed by atoms with E-state index in [9.17, 15) is 18.0 Å². The number of nitrogens with zero attached hydrogens (tertiary/aromatic N) is 2. The molecule has 0 saturated heterocycles. The quantitative estimate of drug-likeness (QED) is 0.823. The number of halogens is 3. The zero-order valence-corrected chi connectivity index (χ0v) is 9.71. The number of imidazole rings is 1. The molecule has 0 radical (unpaired) electrons. The highest BCUT2D eigenvalue weighted by atomic mass is 19.4. The number of carbonyl (C=O) groups excluding carboxylic acids is 1. The molecule has 0 aromatic carbocycles. The molecule has 1 aromatic heterocycles. The van der Waals surface area contributed by atoms with E-state index in [1.54, 1.807) is 4.57 Å². The van der Waals surface area contributed by atoms with E-state index in [1.807, 2.05) is 5.32 Å². The lowest BCUT2D eigenvalue weighted by atomic mass is 10.2. The second-order valence-corrected chi connectivity index (χ2v) is 4.15. The summed E-state index contributed by atoms with van der Waals surface area (Å²) in [5, 5.41) is 4.95. The number of hydrogen-bond acceptors (Lipinski definition) is 3. The van der Waals surface area contributed by atoms with Gasteiger partial charge in [0.25, 0.3) is 5.91 Å². The first-order chi connectivity index (χ1) is 8.39. The van der Waals surface area contributed by atoms with Gasteiger partial charge < -0.3 is 15.2 Å². The topological polar surface area (TPSA) is 59.0 Å². The van der Waals surface area contributed by atoms with Crippen LogP contribution < -0.4 is 10.6 Å². The predicted octanol–water partition coefficient (Wildman–Crippen LogP) is 0.667. The first-order valence-electron chi connectivity index (χ1n) is 5.52. The number of amides is 1. The van der Waals surface area contributed by atoms with Crippen LogP contribution in [-0.2, 0) is 13.1 Å². The summed E-state index contributed by atoms with van der Waals surface area (Å²) in [5.41, 5.74) is 0.673. The van der Waals surface area contributed by atoms with Gasteiger partial charge in [-0.2, -0.15) is 13.2 Å². The molecule has 0 spiro atoms. The SMILES string of the molecule is C[C@@H](NC(=O)c1ncn2c1CNCC2)C(F)(F)F. The van der Waals surface area contributed by atoms with Gasteiger partial charge in [0.15, 0.2) is 5.69 Å². The maximum Gasteiger partial charge on any atom is 0.408 e. The minimum Gasteiger partial charge on any atom is -0.339 e. The van der Waals surface area contributed by atoms with Crippen molar-refractivity contribution in [1.82, 2.24) is 20.2 Å². The highest BCUT2D eigenvalue weighted by Gasteiger charge is 2.37. The van der Waals surface area contributed by atoms with Gasteiger partial charge in [-0.15, -0.1) is 0 Å². The number of aromatic nitrogens is 2. The number of nitrogens with one attached hydrogen (secondary N) is 2. The molecular formula is C10H13F3N4O. The molecule has 0 saturated carbocycles. The van der Waals surface area contributed by atoms with Gasteiger partial charge in [-0.3, -0.25) is 4.79 Å². The summed E-state index contributed by atoms with van der Waals surface area (Å²) in [6, 6.07) is -1.89. The fraction of sp³-hybridized carbons (Fsp3) is 0.600. The van der Waals surface area contributed by atoms with Gasteiger partial charge in [-0.25, -0.2) is 4.98 Å². The number of rotatable bonds is 2. The van der Waals surface area contributed by atoms with Gasteiger partial charge >= 0.3 is 6.18 Å². The summed E-state index contributed by atoms with van der Waals surface area (Å²) in [6.07, 6.45) is -2.98. The van der Waals surface area contributed by atoms with Gasteiger partial charge in [-0.1, -0.05) is 0 Å². The average Bonchev–Trinajstić information content (AvgIpc) is 2.71. The second-order valence-electron chi connectivity index (χ2n) is 4.15. The largest absolute Gasteiger partial charge is 0.408 e. The molecule has 8 heteroatoms. The fourth-order valence-corrected chi connectivity index (χ4v) is 1.73. The molecular weight excluding hydrogens is 249 g/mol. The van der Waals surface area contributed by atoms with Gasteiger partial charge in [0.05, 0.1) is 12.0 Å². The average molecular weight is 262 g/mol. The number of fused-ring (bicyclic) bond motifs is 1. The summed E-state index contributed by atoms with van der Waals surface area (Å²) in [4.78, 5) is 15.6. The zero-order valence-electron chi connectivity index (χ0n) is 9.71. The van der Waals surface area contributed by atoms with Crippen molar-refractivity contribution in [2.24, 2.45) is 0 Å². The molecule has 1 amide bonds. The van der Waals surface area contributed by atoms with Crippen LogP contribution in [0.15, 0.2) is 6.33 Å². The normalized spacial score (nSPS) is 17.1. The Bertz CT molecular complexity index is 454. The second kappa shape index (κ2) is 4.60. The molecule has 0 bridgehead atoms. The molecule has 18 heavy (non-hydrogen) atoms. The maximum absolute atomic E-state index is 12.3. The summed E-state index contributed by atoms with van der Waals surface area (Å²) in [7, 11) is 0. The molecule has 2 rings (SSSR count). The van der Waals surface area contributed by atoms with Gasteiger partial charge in [0.1, 0.15) is 6.04 Å². The van der Waals surface area contributed by atoms with E-state index in [4.69, 9.17) is 0 Å². The van der Waals surface area contributed by atoms with E-state index in [1.165, 1.54) is 6.33 Å². The molecule has 1 aromatic rings. The van der Waals surface area contributed by atoms with Crippen molar-refractivity contribution in [1.29, 1.82) is 0 Å². The molecule has 5 nitrogen and oxygen atoms in total. The van der Waals surface area contributed by atoms with Crippen molar-refractivity contribution in [3.8, 4) is 0 Å². The standard InChI is InChI=1S/C10H13F3N4O/c1-6(10(11,12)13)16-9(18)8-7-4-14-2-3-17(7)5-15-8/h5-6,14H,2-4H2,1H3,(H,16,18)/t6-/m1/s1. The molecule has 100 valence electrons. The monoisotopic (exact) mass is 262 g/mol. The van der Waals surface area contributed by atoms with Crippen LogP contribution >= 0.6 is 0 Å². The summed E-state index contributed by atoms with van der Waals surface area (Å²) in [5.74, 6) is -0.794. The smallest absolute Gasteiger partial charge is 0.339 e. The van der Waals surface area contributed by atoms with E-state index < -0.39 is 18.1 Å². The van der Waals surface area contributed by atoms with Crippen molar-refractivity contribution in [3.63, 3.8) is 0 Å². The van der Waals surface area contributed by atoms with Crippen molar-refractivity contribution in [3.05, 3.63) is 17.7 Å². The number of alkyl halides is 3. The molecule has 0 unspecified atom stereocenters. The molecule has 1 aliphatic rings. The summed E-state index contributed by atoms with van der Waals surface area (Å²) in [6.45, 7) is 2.75. The molecule has 2 N–H and O–H groups in total. The minimum atomic E-state index is -4.45. The van der Waals surface area contributed by atoms with E-state index in [0.717, 1.165) is 13.5 Å². The lowest BCUT2D eigenvalue weighted by Gasteiger charge is -2.19. The van der Waals surface area contributed by atoms with Crippen LogP contribution in [-0.4, -0.2) is 34.2 Å². The number of carbonyl (C=O) groups is 1. The van der Waals surface area contributed by atoms with Crippen LogP contribution in [0.2, 0.25) is 0 Å². The Balaban J connectivity index is 2.12. The van der Waals surface area contributed by atoms with E-state index >= 15 is 0 Å². The lowest BCUT2D eigenvalue weighted by Crippen LogP contribution is -2.43. The lowest BCUT2D eigenvalue weighted by molar-refractivity contribution is -0.149. The Labute approximate surface area is 101 Å². The zero-order chi connectivity index (χ0) is 13.3. The molecule has 2 heterocycles. The van der Waals surface area contributed by atoms with E-state index in [0.29, 0.717) is 18.8 Å². The van der Waals surface area contributed by atoms with E-state index in [-0.39, 0.29) is 5.69 Å². The third-order valence-corrected chi connectivity index (χ3v) is 2.82. The Hall–Kier alpha value is -1.57. The van der Waals surface area contributed by atoms with Crippen LogP contribution in [0.1, 0.15) is 23.1 Å². The van der Waals surface area contributed by atoms with Gasteiger partial charge in [0, 0.05) is 19.6 Å². The first kappa shape index (κ1) is 12.9. The summed E-state index contributed by atoms with van der Waals surface area (Å²) >= 11 is 0. The highest BCUT2D eigenvalue weighted by molar-refractivity contribution is 5.93. The molecule has 0 aliphatic carbocycles. The van der Waals surface area contributed by atoms with Gasteiger partial charge in [-0.05, 0) is 6.92 Å². The van der Waals surface area contributed by atoms with Crippen LogP contribution in [0.25, 0.3) is 0 Å². The van der Waals surface area contributed by atoms with Crippen molar-refractivity contribution < 1.29 is 18.0 Å². The molecule has 0 fully saturated rings. The van der Waals surface area contributed by atoms with Crippen molar-refractivity contribution in [2.75, 3.05) is 6.54 Å². The Morgan fingerprint density at radius 3 is 3.00 bits per heavy atom. The first-order valence-corrected chi connectivity index (χ1v) is 5.52. The highest BCUT2D eigenvalue weighted by Crippen LogP contribution is 2.20. The summed E-state index contributed by atoms with van der Waals surface area (Å²) < 4.78 is 38.8. The molecule has 1 aliphatic heterocycles. The van der Waals surface area contributed by atoms with Crippen LogP contribution in [0.5, 0.6) is 0 Å². The van der Waals surface area contributed by atoms with Crippen molar-refractivity contribution in [2.45, 2.75) is 32.2 Å². The minimum absolute atomic E-state index is 0.0540. The van der Waals surface area contributed by atoms with Gasteiger partial charge in [0.2, 0.25) is 0 Å². The Kier molecular flexibility index (Phi) is 3.29. The van der Waals surface area contributed by atoms with Crippen LogP contribution in [0, 0.1) is 0 Å². The predicted molar refractivity (Wildman–Crippen MR) is 56.9 cm³/mol. The maximum atomic E-state index is 12.3. The number of hydrogen-bond donors (Lipinski definition) is 2. The Morgan fingerprint density at radius 1 is 1.61 bits per heavy atom. The van der Waals surface area contributed by atoms with E-state index in [2.05, 4.69) is 10.3 Å². The fourth-order valence-electron chi connectivity index (χ4n) is 1.73. The third-order valence-electron chi connectivity index (χ3n) is 2.82. The third kappa shape index (κ3) is 2.47. The van der Waals surface area contributed by atoms with Crippen molar-refractivity contribution >= 4 is 5.91 Å². The van der Waals surface area contributed by atoms with Crippen LogP contribution in [0.3, 0.4) is 0 Å². The Morgan fingerprint density at radius 2 is 2.33 bits per heavy atom.